The van der Waals surface area contributed by atoms with Crippen LogP contribution in [0.3, 0.4) is 0 Å². The van der Waals surface area contributed by atoms with E-state index in [0.29, 0.717) is 28.8 Å². The van der Waals surface area contributed by atoms with Crippen LogP contribution >= 0.6 is 0 Å². The Morgan fingerprint density at radius 1 is 1.14 bits per heavy atom. The van der Waals surface area contributed by atoms with Crippen LogP contribution in [0.25, 0.3) is 0 Å². The Labute approximate surface area is 165 Å². The van der Waals surface area contributed by atoms with Crippen molar-refractivity contribution in [3.63, 3.8) is 0 Å². The standard InChI is InChI=1S/C19H25N5O3S/c1-13-6-8-24(9-7-13)19-20-11-17(12-21-19)23-28(26,27)18-5-4-16(10-14(18)2)22-15(3)25/h4-5,10-13,23H,6-9H2,1-3H3,(H,22,25). The fourth-order valence-corrected chi connectivity index (χ4v) is 4.44. The average molecular weight is 404 g/mol. The Kier molecular flexibility index (Phi) is 5.83. The van der Waals surface area contributed by atoms with E-state index in [0.717, 1.165) is 25.9 Å². The zero-order valence-corrected chi connectivity index (χ0v) is 17.1. The lowest BCUT2D eigenvalue weighted by molar-refractivity contribution is -0.114. The SMILES string of the molecule is CC(=O)Nc1ccc(S(=O)(=O)Nc2cnc(N3CCC(C)CC3)nc2)c(C)c1. The summed E-state index contributed by atoms with van der Waals surface area (Å²) < 4.78 is 27.9. The number of piperidine rings is 1. The number of rotatable bonds is 5. The summed E-state index contributed by atoms with van der Waals surface area (Å²) in [5.41, 5.74) is 1.38. The van der Waals surface area contributed by atoms with E-state index in [2.05, 4.69) is 31.8 Å². The van der Waals surface area contributed by atoms with Gasteiger partial charge in [-0.15, -0.1) is 0 Å². The molecule has 0 spiro atoms. The topological polar surface area (TPSA) is 104 Å². The van der Waals surface area contributed by atoms with Gasteiger partial charge in [0.1, 0.15) is 0 Å². The Morgan fingerprint density at radius 2 is 1.79 bits per heavy atom. The molecule has 1 aliphatic rings. The maximum atomic E-state index is 12.7. The first kappa shape index (κ1) is 20.1. The molecule has 150 valence electrons. The number of sulfonamides is 1. The minimum Gasteiger partial charge on any atom is -0.341 e. The highest BCUT2D eigenvalue weighted by atomic mass is 32.2. The van der Waals surface area contributed by atoms with Gasteiger partial charge in [-0.25, -0.2) is 18.4 Å². The Balaban J connectivity index is 1.72. The van der Waals surface area contributed by atoms with Crippen molar-refractivity contribution in [3.05, 3.63) is 36.2 Å². The van der Waals surface area contributed by atoms with E-state index in [9.17, 15) is 13.2 Å². The van der Waals surface area contributed by atoms with Gasteiger partial charge < -0.3 is 10.2 Å². The van der Waals surface area contributed by atoms with Crippen LogP contribution in [-0.4, -0.2) is 37.4 Å². The van der Waals surface area contributed by atoms with E-state index in [1.807, 2.05) is 0 Å². The Bertz CT molecular complexity index is 952. The molecule has 0 radical (unpaired) electrons. The molecule has 0 saturated carbocycles. The number of hydrogen-bond donors (Lipinski definition) is 2. The number of amides is 1. The molecule has 1 saturated heterocycles. The number of anilines is 3. The maximum Gasteiger partial charge on any atom is 0.262 e. The highest BCUT2D eigenvalue weighted by Gasteiger charge is 2.20. The van der Waals surface area contributed by atoms with Crippen LogP contribution in [0.1, 0.15) is 32.3 Å². The maximum absolute atomic E-state index is 12.7. The number of hydrogen-bond acceptors (Lipinski definition) is 6. The summed E-state index contributed by atoms with van der Waals surface area (Å²) in [5, 5.41) is 2.64. The van der Waals surface area contributed by atoms with E-state index in [-0.39, 0.29) is 10.8 Å². The minimum atomic E-state index is -3.79. The summed E-state index contributed by atoms with van der Waals surface area (Å²) in [6, 6.07) is 4.64. The van der Waals surface area contributed by atoms with E-state index >= 15 is 0 Å². The molecule has 28 heavy (non-hydrogen) atoms. The highest BCUT2D eigenvalue weighted by molar-refractivity contribution is 7.92. The number of carbonyl (C=O) groups excluding carboxylic acids is 1. The normalized spacial score (nSPS) is 15.3. The second kappa shape index (κ2) is 8.14. The summed E-state index contributed by atoms with van der Waals surface area (Å²) >= 11 is 0. The second-order valence-corrected chi connectivity index (χ2v) is 8.86. The molecule has 8 nitrogen and oxygen atoms in total. The van der Waals surface area contributed by atoms with Gasteiger partial charge in [0.05, 0.1) is 23.0 Å². The summed E-state index contributed by atoms with van der Waals surface area (Å²) in [4.78, 5) is 22.0. The quantitative estimate of drug-likeness (QED) is 0.795. The lowest BCUT2D eigenvalue weighted by Gasteiger charge is -2.30. The molecule has 1 aromatic heterocycles. The molecule has 1 amide bonds. The van der Waals surface area contributed by atoms with Crippen LogP contribution in [0.2, 0.25) is 0 Å². The first-order valence-corrected chi connectivity index (χ1v) is 10.7. The van der Waals surface area contributed by atoms with Crippen molar-refractivity contribution in [3.8, 4) is 0 Å². The van der Waals surface area contributed by atoms with Gasteiger partial charge in [0, 0.05) is 25.7 Å². The average Bonchev–Trinajstić information content (AvgIpc) is 2.62. The van der Waals surface area contributed by atoms with Gasteiger partial charge in [-0.3, -0.25) is 9.52 Å². The predicted octanol–water partition coefficient (Wildman–Crippen LogP) is 2.78. The van der Waals surface area contributed by atoms with Crippen LogP contribution in [0, 0.1) is 12.8 Å². The number of nitrogens with one attached hydrogen (secondary N) is 2. The van der Waals surface area contributed by atoms with E-state index in [1.165, 1.54) is 25.4 Å². The number of aromatic nitrogens is 2. The molecule has 9 heteroatoms. The van der Waals surface area contributed by atoms with Crippen molar-refractivity contribution in [1.82, 2.24) is 9.97 Å². The molecule has 2 aromatic rings. The van der Waals surface area contributed by atoms with Crippen LogP contribution in [0.4, 0.5) is 17.3 Å². The first-order chi connectivity index (χ1) is 13.2. The molecular weight excluding hydrogens is 378 g/mol. The molecule has 1 aromatic carbocycles. The van der Waals surface area contributed by atoms with Gasteiger partial charge in [0.25, 0.3) is 10.0 Å². The molecule has 2 N–H and O–H groups in total. The summed E-state index contributed by atoms with van der Waals surface area (Å²) in [7, 11) is -3.79. The Hall–Kier alpha value is -2.68. The first-order valence-electron chi connectivity index (χ1n) is 9.22. The van der Waals surface area contributed by atoms with Gasteiger partial charge in [-0.05, 0) is 49.4 Å². The molecule has 0 atom stereocenters. The van der Waals surface area contributed by atoms with Crippen molar-refractivity contribution in [2.24, 2.45) is 5.92 Å². The van der Waals surface area contributed by atoms with E-state index in [4.69, 9.17) is 0 Å². The van der Waals surface area contributed by atoms with Gasteiger partial charge >= 0.3 is 0 Å². The van der Waals surface area contributed by atoms with Crippen molar-refractivity contribution < 1.29 is 13.2 Å². The second-order valence-electron chi connectivity index (χ2n) is 7.21. The number of carbonyl (C=O) groups is 1. The van der Waals surface area contributed by atoms with Gasteiger partial charge in [0.2, 0.25) is 11.9 Å². The molecule has 0 aliphatic carbocycles. The predicted molar refractivity (Wildman–Crippen MR) is 109 cm³/mol. The van der Waals surface area contributed by atoms with Crippen LogP contribution in [0.15, 0.2) is 35.5 Å². The van der Waals surface area contributed by atoms with E-state index in [1.54, 1.807) is 19.1 Å². The summed E-state index contributed by atoms with van der Waals surface area (Å²) in [6.45, 7) is 7.13. The van der Waals surface area contributed by atoms with Crippen LogP contribution in [-0.2, 0) is 14.8 Å². The van der Waals surface area contributed by atoms with Crippen molar-refractivity contribution in [2.45, 2.75) is 38.5 Å². The van der Waals surface area contributed by atoms with Crippen LogP contribution in [0.5, 0.6) is 0 Å². The molecule has 3 rings (SSSR count). The molecule has 1 aliphatic heterocycles. The number of nitrogens with zero attached hydrogens (tertiary/aromatic N) is 3. The van der Waals surface area contributed by atoms with Crippen molar-refractivity contribution >= 4 is 33.3 Å². The molecule has 0 unspecified atom stereocenters. The highest BCUT2D eigenvalue weighted by Crippen LogP contribution is 2.23. The zero-order valence-electron chi connectivity index (χ0n) is 16.3. The minimum absolute atomic E-state index is 0.135. The fraction of sp³-hybridized carbons (Fsp3) is 0.421. The van der Waals surface area contributed by atoms with Crippen LogP contribution < -0.4 is 14.9 Å². The smallest absolute Gasteiger partial charge is 0.262 e. The molecule has 2 heterocycles. The molecular formula is C19H25N5O3S. The Morgan fingerprint density at radius 3 is 2.36 bits per heavy atom. The largest absolute Gasteiger partial charge is 0.341 e. The molecule has 0 bridgehead atoms. The van der Waals surface area contributed by atoms with Gasteiger partial charge in [-0.1, -0.05) is 6.92 Å². The van der Waals surface area contributed by atoms with Crippen molar-refractivity contribution in [1.29, 1.82) is 0 Å². The van der Waals surface area contributed by atoms with Crippen molar-refractivity contribution in [2.75, 3.05) is 28.0 Å². The molecule has 1 fully saturated rings. The third-order valence-electron chi connectivity index (χ3n) is 4.74. The lowest BCUT2D eigenvalue weighted by atomic mass is 10.00. The zero-order chi connectivity index (χ0) is 20.3. The fourth-order valence-electron chi connectivity index (χ4n) is 3.19. The van der Waals surface area contributed by atoms with Gasteiger partial charge in [0.15, 0.2) is 0 Å². The number of aryl methyl sites for hydroxylation is 1. The van der Waals surface area contributed by atoms with Gasteiger partial charge in [-0.2, -0.15) is 0 Å². The monoisotopic (exact) mass is 403 g/mol. The summed E-state index contributed by atoms with van der Waals surface area (Å²) in [6.07, 6.45) is 5.18. The third-order valence-corrected chi connectivity index (χ3v) is 6.28. The lowest BCUT2D eigenvalue weighted by Crippen LogP contribution is -2.34. The van der Waals surface area contributed by atoms with E-state index < -0.39 is 10.0 Å². The number of benzene rings is 1. The summed E-state index contributed by atoms with van der Waals surface area (Å²) in [5.74, 6) is 1.11. The third kappa shape index (κ3) is 4.78.